The van der Waals surface area contributed by atoms with Crippen molar-refractivity contribution in [2.75, 3.05) is 37.4 Å². The first-order valence-electron chi connectivity index (χ1n) is 13.6. The van der Waals surface area contributed by atoms with Crippen LogP contribution in [0.25, 0.3) is 0 Å². The van der Waals surface area contributed by atoms with E-state index >= 15 is 0 Å². The number of piperazine rings is 1. The average Bonchev–Trinajstić information content (AvgIpc) is 3.75. The monoisotopic (exact) mass is 655 g/mol. The Morgan fingerprint density at radius 1 is 0.841 bits per heavy atom. The van der Waals surface area contributed by atoms with Crippen LogP contribution in [0.15, 0.2) is 47.4 Å². The summed E-state index contributed by atoms with van der Waals surface area (Å²) in [6.07, 6.45) is -6.46. The van der Waals surface area contributed by atoms with Crippen molar-refractivity contribution in [3.8, 4) is 0 Å². The molecule has 0 radical (unpaired) electrons. The van der Waals surface area contributed by atoms with Gasteiger partial charge in [0.05, 0.1) is 10.6 Å². The molecule has 16 heteroatoms. The summed E-state index contributed by atoms with van der Waals surface area (Å²) in [4.78, 5) is 23.2. The fourth-order valence-corrected chi connectivity index (χ4v) is 5.16. The van der Waals surface area contributed by atoms with E-state index in [2.05, 4.69) is 27.5 Å². The van der Waals surface area contributed by atoms with Gasteiger partial charge in [-0.05, 0) is 67.0 Å². The van der Waals surface area contributed by atoms with Gasteiger partial charge < -0.3 is 15.1 Å². The Kier molecular flexibility index (Phi) is 13.0. The second kappa shape index (κ2) is 15.6. The number of benzene rings is 2. The number of nitrogens with one attached hydrogen (secondary N) is 1. The number of aryl methyl sites for hydroxylation is 2. The van der Waals surface area contributed by atoms with Crippen LogP contribution in [0.1, 0.15) is 36.5 Å². The van der Waals surface area contributed by atoms with Crippen LogP contribution in [0.5, 0.6) is 0 Å². The molecule has 0 spiro atoms. The van der Waals surface area contributed by atoms with Crippen molar-refractivity contribution < 1.29 is 54.6 Å². The number of rotatable bonds is 8. The molecule has 0 atom stereocenters. The number of carboxylic acid groups (broad SMARTS) is 2. The number of alkyl halides is 6. The number of carboxylic acids is 2. The Balaban J connectivity index is 0.000000402. The molecular weight excluding hydrogens is 620 g/mol. The van der Waals surface area contributed by atoms with Gasteiger partial charge in [0, 0.05) is 39.3 Å². The minimum Gasteiger partial charge on any atom is -0.475 e. The fourth-order valence-electron chi connectivity index (χ4n) is 4.04. The lowest BCUT2D eigenvalue weighted by Gasteiger charge is -2.34. The van der Waals surface area contributed by atoms with Crippen molar-refractivity contribution in [3.63, 3.8) is 0 Å². The summed E-state index contributed by atoms with van der Waals surface area (Å²) in [5.41, 5.74) is 3.88. The SMILES string of the molecule is CCc1ccc(S(=O)(=O)Nc2cc(CN3CCN(CC4CC4)CC3)ccc2C)cc1.O=C(O)C(F)(F)F.O=C(O)C(F)(F)F. The van der Waals surface area contributed by atoms with Gasteiger partial charge in [-0.25, -0.2) is 18.0 Å². The summed E-state index contributed by atoms with van der Waals surface area (Å²) in [5, 5.41) is 14.2. The minimum absolute atomic E-state index is 0.302. The molecule has 2 aliphatic rings. The number of nitrogens with zero attached hydrogens (tertiary/aromatic N) is 2. The first kappa shape index (κ1) is 36.8. The Hall–Kier alpha value is -3.37. The summed E-state index contributed by atoms with van der Waals surface area (Å²) in [6.45, 7) is 10.5. The molecule has 44 heavy (non-hydrogen) atoms. The van der Waals surface area contributed by atoms with Crippen molar-refractivity contribution in [1.29, 1.82) is 0 Å². The number of hydrogen-bond donors (Lipinski definition) is 3. The third-order valence-electron chi connectivity index (χ3n) is 6.76. The molecule has 3 N–H and O–H groups in total. The molecule has 1 saturated carbocycles. The van der Waals surface area contributed by atoms with Gasteiger partial charge >= 0.3 is 24.3 Å². The molecule has 4 rings (SSSR count). The molecule has 2 aromatic rings. The third-order valence-corrected chi connectivity index (χ3v) is 8.14. The molecule has 1 aliphatic carbocycles. The fraction of sp³-hybridized carbons (Fsp3) is 0.500. The molecule has 0 bridgehead atoms. The quantitative estimate of drug-likeness (QED) is 0.334. The topological polar surface area (TPSA) is 127 Å². The summed E-state index contributed by atoms with van der Waals surface area (Å²) in [7, 11) is -3.59. The molecule has 1 saturated heterocycles. The van der Waals surface area contributed by atoms with Crippen LogP contribution >= 0.6 is 0 Å². The number of aliphatic carboxylic acids is 2. The van der Waals surface area contributed by atoms with E-state index in [9.17, 15) is 34.8 Å². The first-order chi connectivity index (χ1) is 20.3. The minimum atomic E-state index is -5.08. The summed E-state index contributed by atoms with van der Waals surface area (Å²) >= 11 is 0. The maximum Gasteiger partial charge on any atom is 0.490 e. The maximum atomic E-state index is 12.9. The Morgan fingerprint density at radius 3 is 1.73 bits per heavy atom. The Morgan fingerprint density at radius 2 is 1.30 bits per heavy atom. The second-order valence-corrected chi connectivity index (χ2v) is 12.1. The predicted molar refractivity (Wildman–Crippen MR) is 150 cm³/mol. The number of sulfonamides is 1. The van der Waals surface area contributed by atoms with E-state index < -0.39 is 34.3 Å². The van der Waals surface area contributed by atoms with Gasteiger partial charge in [0.1, 0.15) is 0 Å². The van der Waals surface area contributed by atoms with Crippen molar-refractivity contribution >= 4 is 27.6 Å². The van der Waals surface area contributed by atoms with E-state index in [0.29, 0.717) is 10.6 Å². The van der Waals surface area contributed by atoms with Gasteiger partial charge in [-0.15, -0.1) is 0 Å². The normalized spacial score (nSPS) is 16.2. The highest BCUT2D eigenvalue weighted by Crippen LogP contribution is 2.30. The van der Waals surface area contributed by atoms with Crippen LogP contribution in [-0.4, -0.2) is 85.4 Å². The highest BCUT2D eigenvalue weighted by Gasteiger charge is 2.39. The van der Waals surface area contributed by atoms with Crippen molar-refractivity contribution in [2.24, 2.45) is 5.92 Å². The van der Waals surface area contributed by atoms with Crippen molar-refractivity contribution in [1.82, 2.24) is 9.80 Å². The van der Waals surface area contributed by atoms with E-state index in [1.165, 1.54) is 19.4 Å². The average molecular weight is 656 g/mol. The lowest BCUT2D eigenvalue weighted by Crippen LogP contribution is -2.46. The molecule has 2 aromatic carbocycles. The first-order valence-corrected chi connectivity index (χ1v) is 15.1. The molecule has 0 unspecified atom stereocenters. The maximum absolute atomic E-state index is 12.9. The van der Waals surface area contributed by atoms with Gasteiger partial charge in [0.25, 0.3) is 10.0 Å². The lowest BCUT2D eigenvalue weighted by atomic mass is 10.1. The third kappa shape index (κ3) is 12.7. The standard InChI is InChI=1S/C24H33N3O2S.2C2HF3O2/c1-3-20-8-10-23(11-9-20)30(28,29)25-24-16-22(5-4-19(24)2)18-27-14-12-26(13-15-27)17-21-6-7-21;2*3-2(4,5)1(6)7/h4-5,8-11,16,21,25H,3,6-7,12-15,17-18H2,1-2H3;2*(H,6,7). The zero-order valence-electron chi connectivity index (χ0n) is 24.1. The molecule has 0 aromatic heterocycles. The number of hydrogen-bond acceptors (Lipinski definition) is 6. The molecule has 1 aliphatic heterocycles. The van der Waals surface area contributed by atoms with Gasteiger partial charge in [-0.3, -0.25) is 9.62 Å². The van der Waals surface area contributed by atoms with Gasteiger partial charge in [0.15, 0.2) is 0 Å². The molecule has 1 heterocycles. The summed E-state index contributed by atoms with van der Waals surface area (Å²) in [5.74, 6) is -4.57. The second-order valence-electron chi connectivity index (χ2n) is 10.4. The van der Waals surface area contributed by atoms with Crippen LogP contribution in [-0.2, 0) is 32.6 Å². The largest absolute Gasteiger partial charge is 0.490 e. The van der Waals surface area contributed by atoms with E-state index in [-0.39, 0.29) is 0 Å². The van der Waals surface area contributed by atoms with Crippen LogP contribution in [0, 0.1) is 12.8 Å². The Bertz CT molecular complexity index is 1330. The molecular formula is C28H35F6N3O6S. The van der Waals surface area contributed by atoms with Crippen molar-refractivity contribution in [3.05, 3.63) is 59.2 Å². The molecule has 246 valence electrons. The van der Waals surface area contributed by atoms with E-state index in [1.807, 2.05) is 31.2 Å². The molecule has 0 amide bonds. The lowest BCUT2D eigenvalue weighted by molar-refractivity contribution is -0.193. The van der Waals surface area contributed by atoms with Crippen LogP contribution in [0.2, 0.25) is 0 Å². The van der Waals surface area contributed by atoms with E-state index in [4.69, 9.17) is 19.8 Å². The number of halogens is 6. The summed E-state index contributed by atoms with van der Waals surface area (Å²) < 4.78 is 92.0. The number of carbonyl (C=O) groups is 2. The van der Waals surface area contributed by atoms with E-state index in [0.717, 1.165) is 61.8 Å². The van der Waals surface area contributed by atoms with E-state index in [1.54, 1.807) is 12.1 Å². The van der Waals surface area contributed by atoms with Gasteiger partial charge in [0.2, 0.25) is 0 Å². The molecule has 2 fully saturated rings. The van der Waals surface area contributed by atoms with Gasteiger partial charge in [-0.1, -0.05) is 31.2 Å². The van der Waals surface area contributed by atoms with Crippen molar-refractivity contribution in [2.45, 2.75) is 56.9 Å². The van der Waals surface area contributed by atoms with Gasteiger partial charge in [-0.2, -0.15) is 26.3 Å². The zero-order chi connectivity index (χ0) is 33.3. The molecule has 9 nitrogen and oxygen atoms in total. The highest BCUT2D eigenvalue weighted by molar-refractivity contribution is 7.92. The van der Waals surface area contributed by atoms with Crippen LogP contribution in [0.4, 0.5) is 32.0 Å². The Labute approximate surface area is 251 Å². The zero-order valence-corrected chi connectivity index (χ0v) is 24.9. The van der Waals surface area contributed by atoms with Crippen LogP contribution in [0.3, 0.4) is 0 Å². The summed E-state index contributed by atoms with van der Waals surface area (Å²) in [6, 6.07) is 13.2. The highest BCUT2D eigenvalue weighted by atomic mass is 32.2. The predicted octanol–water partition coefficient (Wildman–Crippen LogP) is 5.15. The number of anilines is 1. The smallest absolute Gasteiger partial charge is 0.475 e. The van der Waals surface area contributed by atoms with Crippen LogP contribution < -0.4 is 4.72 Å².